The summed E-state index contributed by atoms with van der Waals surface area (Å²) in [6.07, 6.45) is 0.954. The molecule has 0 unspecified atom stereocenters. The molecule has 0 fully saturated rings. The van der Waals surface area contributed by atoms with Gasteiger partial charge in [0.1, 0.15) is 5.75 Å². The largest absolute Gasteiger partial charge is 0.492 e. The lowest BCUT2D eigenvalue weighted by Crippen LogP contribution is -2.11. The molecule has 0 amide bonds. The molecule has 0 aliphatic carbocycles. The molecule has 1 aromatic carbocycles. The molecule has 1 N–H and O–H groups in total. The van der Waals surface area contributed by atoms with Crippen molar-refractivity contribution in [2.75, 3.05) is 20.2 Å². The zero-order valence-electron chi connectivity index (χ0n) is 8.43. The maximum Gasteiger partial charge on any atom is 0.137 e. The van der Waals surface area contributed by atoms with Crippen molar-refractivity contribution in [1.82, 2.24) is 5.32 Å². The third-order valence-corrected chi connectivity index (χ3v) is 2.25. The van der Waals surface area contributed by atoms with Gasteiger partial charge in [-0.3, -0.25) is 0 Å². The Hall–Kier alpha value is -0.150. The lowest BCUT2D eigenvalue weighted by molar-refractivity contribution is 0.310. The van der Waals surface area contributed by atoms with Gasteiger partial charge in [0, 0.05) is 5.02 Å². The van der Waals surface area contributed by atoms with E-state index in [2.05, 4.69) is 5.32 Å². The van der Waals surface area contributed by atoms with Gasteiger partial charge in [-0.1, -0.05) is 23.2 Å². The van der Waals surface area contributed by atoms with Crippen LogP contribution < -0.4 is 10.1 Å². The summed E-state index contributed by atoms with van der Waals surface area (Å²) in [6, 6.07) is 5.22. The minimum absolute atomic E-state index is 0. The van der Waals surface area contributed by atoms with Crippen molar-refractivity contribution in [1.29, 1.82) is 0 Å². The van der Waals surface area contributed by atoms with Crippen molar-refractivity contribution in [2.24, 2.45) is 0 Å². The van der Waals surface area contributed by atoms with Gasteiger partial charge in [-0.2, -0.15) is 0 Å². The van der Waals surface area contributed by atoms with E-state index in [4.69, 9.17) is 27.9 Å². The third kappa shape index (κ3) is 5.47. The monoisotopic (exact) mass is 269 g/mol. The Bertz CT molecular complexity index is 294. The van der Waals surface area contributed by atoms with Crippen LogP contribution in [0.5, 0.6) is 5.75 Å². The normalized spacial score (nSPS) is 9.53. The first-order chi connectivity index (χ1) is 6.74. The summed E-state index contributed by atoms with van der Waals surface area (Å²) in [5.74, 6) is 0.687. The number of ether oxygens (including phenoxy) is 1. The van der Waals surface area contributed by atoms with Crippen LogP contribution in [0, 0.1) is 0 Å². The van der Waals surface area contributed by atoms with E-state index in [0.717, 1.165) is 13.0 Å². The predicted molar refractivity (Wildman–Crippen MR) is 67.7 cm³/mol. The second kappa shape index (κ2) is 8.05. The van der Waals surface area contributed by atoms with E-state index in [0.29, 0.717) is 22.4 Å². The number of hydrogen-bond acceptors (Lipinski definition) is 2. The van der Waals surface area contributed by atoms with Gasteiger partial charge in [-0.05, 0) is 38.2 Å². The zero-order valence-corrected chi connectivity index (χ0v) is 10.8. The molecule has 0 aromatic heterocycles. The molecule has 0 saturated heterocycles. The number of benzene rings is 1. The van der Waals surface area contributed by atoms with E-state index >= 15 is 0 Å². The molecule has 5 heteroatoms. The zero-order chi connectivity index (χ0) is 10.4. The van der Waals surface area contributed by atoms with Crippen molar-refractivity contribution in [3.8, 4) is 5.75 Å². The van der Waals surface area contributed by atoms with Crippen LogP contribution in [0.3, 0.4) is 0 Å². The van der Waals surface area contributed by atoms with Crippen molar-refractivity contribution in [2.45, 2.75) is 6.42 Å². The molecule has 0 bridgehead atoms. The highest BCUT2D eigenvalue weighted by atomic mass is 35.5. The second-order valence-electron chi connectivity index (χ2n) is 2.88. The van der Waals surface area contributed by atoms with Crippen LogP contribution in [-0.4, -0.2) is 20.2 Å². The van der Waals surface area contributed by atoms with E-state index in [9.17, 15) is 0 Å². The Morgan fingerprint density at radius 2 is 2.07 bits per heavy atom. The van der Waals surface area contributed by atoms with E-state index in [1.807, 2.05) is 7.05 Å². The Balaban J connectivity index is 0.00000196. The van der Waals surface area contributed by atoms with Crippen LogP contribution in [0.1, 0.15) is 6.42 Å². The summed E-state index contributed by atoms with van der Waals surface area (Å²) < 4.78 is 5.46. The fourth-order valence-electron chi connectivity index (χ4n) is 1.02. The topological polar surface area (TPSA) is 21.3 Å². The fourth-order valence-corrected chi connectivity index (χ4v) is 1.49. The standard InChI is InChI=1S/C10H13Cl2NO.ClH/c1-13-5-2-6-14-10-4-3-8(11)7-9(10)12;/h3-4,7,13H,2,5-6H2,1H3;1H. The molecular weight excluding hydrogens is 256 g/mol. The fraction of sp³-hybridized carbons (Fsp3) is 0.400. The first kappa shape index (κ1) is 14.8. The first-order valence-electron chi connectivity index (χ1n) is 4.46. The lowest BCUT2D eigenvalue weighted by Gasteiger charge is -2.07. The summed E-state index contributed by atoms with van der Waals surface area (Å²) in [5, 5.41) is 4.22. The minimum Gasteiger partial charge on any atom is -0.492 e. The molecule has 0 aliphatic heterocycles. The van der Waals surface area contributed by atoms with Crippen LogP contribution in [0.15, 0.2) is 18.2 Å². The highest BCUT2D eigenvalue weighted by Gasteiger charge is 2.01. The maximum absolute atomic E-state index is 5.92. The maximum atomic E-state index is 5.92. The molecule has 0 spiro atoms. The van der Waals surface area contributed by atoms with Gasteiger partial charge in [0.05, 0.1) is 11.6 Å². The van der Waals surface area contributed by atoms with Gasteiger partial charge >= 0.3 is 0 Å². The Morgan fingerprint density at radius 1 is 1.33 bits per heavy atom. The summed E-state index contributed by atoms with van der Waals surface area (Å²) in [5.41, 5.74) is 0. The van der Waals surface area contributed by atoms with Crippen LogP contribution in [0.4, 0.5) is 0 Å². The number of rotatable bonds is 5. The Kier molecular flexibility index (Phi) is 7.97. The third-order valence-electron chi connectivity index (χ3n) is 1.72. The smallest absolute Gasteiger partial charge is 0.137 e. The van der Waals surface area contributed by atoms with Gasteiger partial charge in [-0.15, -0.1) is 12.4 Å². The Morgan fingerprint density at radius 3 is 2.67 bits per heavy atom. The molecule has 0 atom stereocenters. The molecular formula is C10H14Cl3NO. The van der Waals surface area contributed by atoms with Crippen molar-refractivity contribution in [3.05, 3.63) is 28.2 Å². The molecule has 1 rings (SSSR count). The van der Waals surface area contributed by atoms with Crippen LogP contribution in [0.25, 0.3) is 0 Å². The van der Waals surface area contributed by atoms with Crippen molar-refractivity contribution >= 4 is 35.6 Å². The average Bonchev–Trinajstić information content (AvgIpc) is 2.15. The summed E-state index contributed by atoms with van der Waals surface area (Å²) in [7, 11) is 1.91. The first-order valence-corrected chi connectivity index (χ1v) is 5.22. The van der Waals surface area contributed by atoms with E-state index in [1.54, 1.807) is 18.2 Å². The van der Waals surface area contributed by atoms with Crippen LogP contribution >= 0.6 is 35.6 Å². The molecule has 0 radical (unpaired) electrons. The average molecular weight is 271 g/mol. The molecule has 0 aliphatic rings. The van der Waals surface area contributed by atoms with E-state index in [1.165, 1.54) is 0 Å². The SMILES string of the molecule is CNCCCOc1ccc(Cl)cc1Cl.Cl. The van der Waals surface area contributed by atoms with Gasteiger partial charge < -0.3 is 10.1 Å². The van der Waals surface area contributed by atoms with Gasteiger partial charge in [0.25, 0.3) is 0 Å². The van der Waals surface area contributed by atoms with E-state index < -0.39 is 0 Å². The highest BCUT2D eigenvalue weighted by Crippen LogP contribution is 2.27. The van der Waals surface area contributed by atoms with E-state index in [-0.39, 0.29) is 12.4 Å². The second-order valence-corrected chi connectivity index (χ2v) is 3.72. The number of hydrogen-bond donors (Lipinski definition) is 1. The summed E-state index contributed by atoms with van der Waals surface area (Å²) in [6.45, 7) is 1.59. The number of halogens is 3. The van der Waals surface area contributed by atoms with Crippen LogP contribution in [-0.2, 0) is 0 Å². The predicted octanol–water partition coefficient (Wildman–Crippen LogP) is 3.40. The quantitative estimate of drug-likeness (QED) is 0.828. The summed E-state index contributed by atoms with van der Waals surface area (Å²) >= 11 is 11.7. The molecule has 86 valence electrons. The molecule has 0 saturated carbocycles. The summed E-state index contributed by atoms with van der Waals surface area (Å²) in [4.78, 5) is 0. The van der Waals surface area contributed by atoms with Gasteiger partial charge in [0.15, 0.2) is 0 Å². The molecule has 1 aromatic rings. The lowest BCUT2D eigenvalue weighted by atomic mass is 10.3. The molecule has 2 nitrogen and oxygen atoms in total. The minimum atomic E-state index is 0. The molecule has 15 heavy (non-hydrogen) atoms. The molecule has 0 heterocycles. The van der Waals surface area contributed by atoms with Crippen molar-refractivity contribution < 1.29 is 4.74 Å². The highest BCUT2D eigenvalue weighted by molar-refractivity contribution is 6.35. The van der Waals surface area contributed by atoms with Crippen LogP contribution in [0.2, 0.25) is 10.0 Å². The van der Waals surface area contributed by atoms with Crippen molar-refractivity contribution in [3.63, 3.8) is 0 Å². The van der Waals surface area contributed by atoms with Gasteiger partial charge in [-0.25, -0.2) is 0 Å². The van der Waals surface area contributed by atoms with Gasteiger partial charge in [0.2, 0.25) is 0 Å². The number of nitrogens with one attached hydrogen (secondary N) is 1. The Labute approximate surface area is 106 Å².